The van der Waals surface area contributed by atoms with Crippen LogP contribution in [-0.2, 0) is 10.2 Å². The first-order chi connectivity index (χ1) is 15.9. The Bertz CT molecular complexity index is 1170. The quantitative estimate of drug-likeness (QED) is 0.404. The summed E-state index contributed by atoms with van der Waals surface area (Å²) in [5, 5.41) is 6.41. The van der Waals surface area contributed by atoms with Gasteiger partial charge in [-0.15, -0.1) is 0 Å². The molecule has 0 aliphatic carbocycles. The lowest BCUT2D eigenvalue weighted by Gasteiger charge is -2.19. The van der Waals surface area contributed by atoms with Crippen LogP contribution >= 0.6 is 11.6 Å². The molecule has 0 heterocycles. The highest BCUT2D eigenvalue weighted by Gasteiger charge is 2.17. The highest BCUT2D eigenvalue weighted by molar-refractivity contribution is 6.32. The van der Waals surface area contributed by atoms with Crippen molar-refractivity contribution in [2.24, 2.45) is 0 Å². The molecule has 0 aliphatic heterocycles. The molecule has 6 heteroatoms. The normalized spacial score (nSPS) is 12.1. The molecule has 3 rings (SSSR count). The van der Waals surface area contributed by atoms with E-state index in [-0.39, 0.29) is 17.2 Å². The third kappa shape index (κ3) is 6.39. The van der Waals surface area contributed by atoms with Gasteiger partial charge in [0.1, 0.15) is 5.75 Å². The molecule has 0 fully saturated rings. The second kappa shape index (κ2) is 10.3. The lowest BCUT2D eigenvalue weighted by atomic mass is 9.87. The van der Waals surface area contributed by atoms with Gasteiger partial charge >= 0.3 is 0 Å². The Balaban J connectivity index is 1.63. The van der Waals surface area contributed by atoms with E-state index in [0.717, 1.165) is 16.7 Å². The molecule has 0 aromatic heterocycles. The summed E-state index contributed by atoms with van der Waals surface area (Å²) in [5.41, 5.74) is 4.67. The summed E-state index contributed by atoms with van der Waals surface area (Å²) in [6, 6.07) is 18.2. The van der Waals surface area contributed by atoms with Gasteiger partial charge in [0.2, 0.25) is 0 Å². The molecule has 3 aromatic rings. The maximum absolute atomic E-state index is 12.7. The molecule has 1 atom stereocenters. The van der Waals surface area contributed by atoms with E-state index in [1.165, 1.54) is 0 Å². The zero-order valence-electron chi connectivity index (χ0n) is 20.5. The molecule has 0 bridgehead atoms. The van der Waals surface area contributed by atoms with Gasteiger partial charge in [-0.2, -0.15) is 0 Å². The summed E-state index contributed by atoms with van der Waals surface area (Å²) in [6.45, 7) is 11.9. The first kappa shape index (κ1) is 25.3. The molecular formula is C28H31ClN2O3. The molecule has 34 heavy (non-hydrogen) atoms. The topological polar surface area (TPSA) is 67.4 Å². The third-order valence-corrected chi connectivity index (χ3v) is 6.09. The SMILES string of the molecule is Cc1cc(O[C@@H](C)C(=O)Nc2cccc(NC(=O)c3ccc(C(C)(C)C)cc3)c2)cc(C)c1Cl. The average Bonchev–Trinajstić information content (AvgIpc) is 2.77. The summed E-state index contributed by atoms with van der Waals surface area (Å²) in [6.07, 6.45) is -0.723. The number of carbonyl (C=O) groups excluding carboxylic acids is 2. The molecule has 0 saturated heterocycles. The molecule has 0 spiro atoms. The Morgan fingerprint density at radius 1 is 0.882 bits per heavy atom. The van der Waals surface area contributed by atoms with E-state index in [2.05, 4.69) is 31.4 Å². The fourth-order valence-electron chi connectivity index (χ4n) is 3.48. The molecular weight excluding hydrogens is 448 g/mol. The predicted molar refractivity (Wildman–Crippen MR) is 139 cm³/mol. The summed E-state index contributed by atoms with van der Waals surface area (Å²) >= 11 is 6.21. The van der Waals surface area contributed by atoms with Crippen LogP contribution in [0.5, 0.6) is 5.75 Å². The molecule has 0 aliphatic rings. The van der Waals surface area contributed by atoms with Gasteiger partial charge in [-0.25, -0.2) is 0 Å². The van der Waals surface area contributed by atoms with Crippen LogP contribution in [0.1, 0.15) is 54.7 Å². The number of amides is 2. The van der Waals surface area contributed by atoms with E-state index < -0.39 is 6.10 Å². The number of rotatable bonds is 6. The minimum absolute atomic E-state index is 0.0214. The second-order valence-corrected chi connectivity index (χ2v) is 9.86. The average molecular weight is 479 g/mol. The van der Waals surface area contributed by atoms with Gasteiger partial charge in [0.25, 0.3) is 11.8 Å². The van der Waals surface area contributed by atoms with Crippen molar-refractivity contribution in [3.63, 3.8) is 0 Å². The largest absolute Gasteiger partial charge is 0.481 e. The van der Waals surface area contributed by atoms with Gasteiger partial charge in [-0.1, -0.05) is 50.6 Å². The van der Waals surface area contributed by atoms with Gasteiger partial charge in [0, 0.05) is 22.0 Å². The van der Waals surface area contributed by atoms with Crippen LogP contribution in [0.25, 0.3) is 0 Å². The summed E-state index contributed by atoms with van der Waals surface area (Å²) in [7, 11) is 0. The fraction of sp³-hybridized carbons (Fsp3) is 0.286. The number of aryl methyl sites for hydroxylation is 2. The van der Waals surface area contributed by atoms with Crippen molar-refractivity contribution in [3.05, 3.63) is 87.9 Å². The maximum atomic E-state index is 12.7. The van der Waals surface area contributed by atoms with Crippen LogP contribution in [0, 0.1) is 13.8 Å². The lowest BCUT2D eigenvalue weighted by molar-refractivity contribution is -0.122. The molecule has 3 aromatic carbocycles. The minimum atomic E-state index is -0.723. The summed E-state index contributed by atoms with van der Waals surface area (Å²) in [5.74, 6) is 0.0705. The number of hydrogen-bond acceptors (Lipinski definition) is 3. The first-order valence-corrected chi connectivity index (χ1v) is 11.6. The third-order valence-electron chi connectivity index (χ3n) is 5.49. The molecule has 2 N–H and O–H groups in total. The number of nitrogens with one attached hydrogen (secondary N) is 2. The van der Waals surface area contributed by atoms with Gasteiger partial charge in [-0.05, 0) is 85.3 Å². The molecule has 0 unspecified atom stereocenters. The van der Waals surface area contributed by atoms with Crippen LogP contribution in [0.3, 0.4) is 0 Å². The van der Waals surface area contributed by atoms with Crippen LogP contribution in [-0.4, -0.2) is 17.9 Å². The number of hydrogen-bond donors (Lipinski definition) is 2. The number of ether oxygens (including phenoxy) is 1. The highest BCUT2D eigenvalue weighted by atomic mass is 35.5. The van der Waals surface area contributed by atoms with Crippen LogP contribution in [0.4, 0.5) is 11.4 Å². The number of carbonyl (C=O) groups is 2. The first-order valence-electron chi connectivity index (χ1n) is 11.2. The fourth-order valence-corrected chi connectivity index (χ4v) is 3.58. The van der Waals surface area contributed by atoms with Crippen LogP contribution < -0.4 is 15.4 Å². The van der Waals surface area contributed by atoms with Crippen molar-refractivity contribution >= 4 is 34.8 Å². The van der Waals surface area contributed by atoms with Crippen LogP contribution in [0.2, 0.25) is 5.02 Å². The van der Waals surface area contributed by atoms with Gasteiger partial charge in [-0.3, -0.25) is 9.59 Å². The van der Waals surface area contributed by atoms with E-state index in [4.69, 9.17) is 16.3 Å². The summed E-state index contributed by atoms with van der Waals surface area (Å²) < 4.78 is 5.81. The zero-order chi connectivity index (χ0) is 25.0. The second-order valence-electron chi connectivity index (χ2n) is 9.48. The van der Waals surface area contributed by atoms with Crippen molar-refractivity contribution in [2.45, 2.75) is 53.1 Å². The Morgan fingerprint density at radius 2 is 1.44 bits per heavy atom. The molecule has 178 valence electrons. The van der Waals surface area contributed by atoms with E-state index >= 15 is 0 Å². The molecule has 0 saturated carbocycles. The van der Waals surface area contributed by atoms with Crippen molar-refractivity contribution in [2.75, 3.05) is 10.6 Å². The van der Waals surface area contributed by atoms with Crippen molar-refractivity contribution in [1.82, 2.24) is 0 Å². The standard InChI is InChI=1S/C28H31ClN2O3/c1-17-14-24(15-18(2)25(17)29)34-19(3)26(32)30-22-8-7-9-23(16-22)31-27(33)20-10-12-21(13-11-20)28(4,5)6/h7-16,19H,1-6H3,(H,30,32)(H,31,33)/t19-/m0/s1. The Morgan fingerprint density at radius 3 is 2.00 bits per heavy atom. The Labute approximate surface area is 206 Å². The van der Waals surface area contributed by atoms with Crippen molar-refractivity contribution in [1.29, 1.82) is 0 Å². The molecule has 5 nitrogen and oxygen atoms in total. The monoisotopic (exact) mass is 478 g/mol. The van der Waals surface area contributed by atoms with Crippen LogP contribution in [0.15, 0.2) is 60.7 Å². The smallest absolute Gasteiger partial charge is 0.265 e. The number of halogens is 1. The zero-order valence-corrected chi connectivity index (χ0v) is 21.2. The predicted octanol–water partition coefficient (Wildman–Crippen LogP) is 6.91. The number of benzene rings is 3. The summed E-state index contributed by atoms with van der Waals surface area (Å²) in [4.78, 5) is 25.3. The van der Waals surface area contributed by atoms with Gasteiger partial charge in [0.05, 0.1) is 0 Å². The van der Waals surface area contributed by atoms with E-state index in [1.807, 2.05) is 50.2 Å². The lowest BCUT2D eigenvalue weighted by Crippen LogP contribution is -2.30. The van der Waals surface area contributed by atoms with E-state index in [0.29, 0.717) is 27.7 Å². The molecule has 0 radical (unpaired) electrons. The minimum Gasteiger partial charge on any atom is -0.481 e. The van der Waals surface area contributed by atoms with Crippen molar-refractivity contribution < 1.29 is 14.3 Å². The van der Waals surface area contributed by atoms with Gasteiger partial charge in [0.15, 0.2) is 6.10 Å². The van der Waals surface area contributed by atoms with Crippen molar-refractivity contribution in [3.8, 4) is 5.75 Å². The molecule has 2 amide bonds. The number of anilines is 2. The Hall–Kier alpha value is -3.31. The highest BCUT2D eigenvalue weighted by Crippen LogP contribution is 2.27. The maximum Gasteiger partial charge on any atom is 0.265 e. The van der Waals surface area contributed by atoms with E-state index in [9.17, 15) is 9.59 Å². The van der Waals surface area contributed by atoms with Gasteiger partial charge < -0.3 is 15.4 Å². The Kier molecular flexibility index (Phi) is 7.68. The van der Waals surface area contributed by atoms with E-state index in [1.54, 1.807) is 31.2 Å².